The van der Waals surface area contributed by atoms with Gasteiger partial charge in [0.05, 0.1) is 22.0 Å². The zero-order valence-corrected chi connectivity index (χ0v) is 13.1. The summed E-state index contributed by atoms with van der Waals surface area (Å²) in [5.41, 5.74) is 4.20. The summed E-state index contributed by atoms with van der Waals surface area (Å²) >= 11 is 3.54. The van der Waals surface area contributed by atoms with Crippen molar-refractivity contribution in [1.29, 1.82) is 0 Å². The van der Waals surface area contributed by atoms with Crippen LogP contribution in [0.4, 0.5) is 0 Å². The number of hydrogen-bond acceptors (Lipinski definition) is 3. The Hall–Kier alpha value is -1.33. The number of aryl methyl sites for hydroxylation is 3. The van der Waals surface area contributed by atoms with E-state index in [9.17, 15) is 5.11 Å². The lowest BCUT2D eigenvalue weighted by Crippen LogP contribution is -2.04. The van der Waals surface area contributed by atoms with Gasteiger partial charge in [-0.3, -0.25) is 4.68 Å². The highest BCUT2D eigenvalue weighted by atomic mass is 79.9. The zero-order chi connectivity index (χ0) is 14.3. The number of aromatic nitrogens is 2. The van der Waals surface area contributed by atoms with Gasteiger partial charge in [-0.2, -0.15) is 5.10 Å². The van der Waals surface area contributed by atoms with Crippen molar-refractivity contribution in [2.45, 2.75) is 32.5 Å². The predicted octanol–water partition coefficient (Wildman–Crippen LogP) is 3.05. The minimum absolute atomic E-state index is 0.312. The van der Waals surface area contributed by atoms with Crippen LogP contribution in [-0.2, 0) is 20.1 Å². The van der Waals surface area contributed by atoms with E-state index in [1.807, 2.05) is 36.9 Å². The summed E-state index contributed by atoms with van der Waals surface area (Å²) in [6.45, 7) is 2.43. The van der Waals surface area contributed by atoms with Crippen LogP contribution in [0.5, 0.6) is 5.75 Å². The molecule has 106 valence electrons. The van der Waals surface area contributed by atoms with Crippen LogP contribution in [0.3, 0.4) is 0 Å². The van der Waals surface area contributed by atoms with Crippen LogP contribution in [0, 0.1) is 6.92 Å². The molecule has 4 nitrogen and oxygen atoms in total. The Labute approximate surface area is 126 Å². The Kier molecular flexibility index (Phi) is 3.56. The zero-order valence-electron chi connectivity index (χ0n) is 11.6. The Morgan fingerprint density at radius 1 is 1.50 bits per heavy atom. The second-order valence-electron chi connectivity index (χ2n) is 5.17. The van der Waals surface area contributed by atoms with Crippen molar-refractivity contribution >= 4 is 15.9 Å². The van der Waals surface area contributed by atoms with Crippen molar-refractivity contribution in [1.82, 2.24) is 9.78 Å². The Morgan fingerprint density at radius 2 is 2.30 bits per heavy atom. The molecule has 1 heterocycles. The summed E-state index contributed by atoms with van der Waals surface area (Å²) in [5.74, 6) is 0.837. The number of aliphatic hydroxyl groups excluding tert-OH is 1. The van der Waals surface area contributed by atoms with Crippen LogP contribution < -0.4 is 4.74 Å². The number of nitrogens with zero attached hydrogens (tertiary/aromatic N) is 2. The topological polar surface area (TPSA) is 47.3 Å². The smallest absolute Gasteiger partial charge is 0.131 e. The summed E-state index contributed by atoms with van der Waals surface area (Å²) in [4.78, 5) is 0. The maximum absolute atomic E-state index is 9.80. The SMILES string of the molecule is Cc1nn(C)c(COc2ccc3c(c2)CC[C@H]3O)c1Br. The number of hydrogen-bond donors (Lipinski definition) is 1. The third-order valence-corrected chi connectivity index (χ3v) is 4.83. The molecule has 1 aliphatic carbocycles. The van der Waals surface area contributed by atoms with Crippen molar-refractivity contribution in [2.75, 3.05) is 0 Å². The molecule has 0 saturated carbocycles. The fraction of sp³-hybridized carbons (Fsp3) is 0.400. The van der Waals surface area contributed by atoms with Crippen molar-refractivity contribution in [3.8, 4) is 5.75 Å². The Balaban J connectivity index is 1.76. The molecule has 1 atom stereocenters. The van der Waals surface area contributed by atoms with Gasteiger partial charge in [0.15, 0.2) is 0 Å². The first-order valence-electron chi connectivity index (χ1n) is 6.68. The monoisotopic (exact) mass is 336 g/mol. The van der Waals surface area contributed by atoms with Crippen LogP contribution in [0.15, 0.2) is 22.7 Å². The summed E-state index contributed by atoms with van der Waals surface area (Å²) < 4.78 is 8.68. The molecule has 0 bridgehead atoms. The molecule has 1 aromatic heterocycles. The molecule has 1 aromatic carbocycles. The van der Waals surface area contributed by atoms with Crippen LogP contribution in [0.25, 0.3) is 0 Å². The highest BCUT2D eigenvalue weighted by Crippen LogP contribution is 2.33. The lowest BCUT2D eigenvalue weighted by molar-refractivity contribution is 0.180. The second-order valence-corrected chi connectivity index (χ2v) is 5.97. The maximum Gasteiger partial charge on any atom is 0.131 e. The number of fused-ring (bicyclic) bond motifs is 1. The van der Waals surface area contributed by atoms with Crippen molar-refractivity contribution in [2.24, 2.45) is 7.05 Å². The van der Waals surface area contributed by atoms with Gasteiger partial charge in [0, 0.05) is 7.05 Å². The van der Waals surface area contributed by atoms with Gasteiger partial charge in [-0.25, -0.2) is 0 Å². The van der Waals surface area contributed by atoms with E-state index >= 15 is 0 Å². The second kappa shape index (κ2) is 5.22. The fourth-order valence-electron chi connectivity index (χ4n) is 2.65. The Bertz CT molecular complexity index is 652. The summed E-state index contributed by atoms with van der Waals surface area (Å²) in [5, 5.41) is 14.1. The molecule has 0 radical (unpaired) electrons. The van der Waals surface area contributed by atoms with Gasteiger partial charge >= 0.3 is 0 Å². The predicted molar refractivity (Wildman–Crippen MR) is 79.7 cm³/mol. The molecule has 0 unspecified atom stereocenters. The number of halogens is 1. The van der Waals surface area contributed by atoms with E-state index in [4.69, 9.17) is 4.74 Å². The van der Waals surface area contributed by atoms with E-state index in [2.05, 4.69) is 21.0 Å². The Morgan fingerprint density at radius 3 is 3.00 bits per heavy atom. The van der Waals surface area contributed by atoms with Crippen LogP contribution in [0.1, 0.15) is 35.0 Å². The van der Waals surface area contributed by atoms with Crippen molar-refractivity contribution in [3.63, 3.8) is 0 Å². The number of ether oxygens (including phenoxy) is 1. The molecule has 0 aliphatic heterocycles. The van der Waals surface area contributed by atoms with E-state index < -0.39 is 0 Å². The average Bonchev–Trinajstić information content (AvgIpc) is 2.90. The van der Waals surface area contributed by atoms with Gasteiger partial charge in [-0.15, -0.1) is 0 Å². The van der Waals surface area contributed by atoms with Crippen LogP contribution >= 0.6 is 15.9 Å². The maximum atomic E-state index is 9.80. The van der Waals surface area contributed by atoms with E-state index in [1.54, 1.807) is 0 Å². The lowest BCUT2D eigenvalue weighted by Gasteiger charge is -2.09. The van der Waals surface area contributed by atoms with Crippen LogP contribution in [0.2, 0.25) is 0 Å². The molecule has 0 amide bonds. The van der Waals surface area contributed by atoms with Gasteiger partial charge in [0.1, 0.15) is 12.4 Å². The minimum Gasteiger partial charge on any atom is -0.487 e. The van der Waals surface area contributed by atoms with Crippen molar-refractivity contribution < 1.29 is 9.84 Å². The van der Waals surface area contributed by atoms with E-state index in [0.29, 0.717) is 6.61 Å². The van der Waals surface area contributed by atoms with Gasteiger partial charge in [-0.05, 0) is 59.0 Å². The first-order chi connectivity index (χ1) is 9.56. The van der Waals surface area contributed by atoms with Gasteiger partial charge < -0.3 is 9.84 Å². The largest absolute Gasteiger partial charge is 0.487 e. The number of benzene rings is 1. The molecular weight excluding hydrogens is 320 g/mol. The first-order valence-corrected chi connectivity index (χ1v) is 7.47. The van der Waals surface area contributed by atoms with Crippen molar-refractivity contribution in [3.05, 3.63) is 45.2 Å². The van der Waals surface area contributed by atoms with Gasteiger partial charge in [0.2, 0.25) is 0 Å². The van der Waals surface area contributed by atoms with Gasteiger partial charge in [-0.1, -0.05) is 6.07 Å². The molecule has 3 rings (SSSR count). The summed E-state index contributed by atoms with van der Waals surface area (Å²) in [7, 11) is 1.91. The quantitative estimate of drug-likeness (QED) is 0.936. The van der Waals surface area contributed by atoms with Crippen LogP contribution in [-0.4, -0.2) is 14.9 Å². The third-order valence-electron chi connectivity index (χ3n) is 3.80. The molecule has 20 heavy (non-hydrogen) atoms. The molecule has 5 heteroatoms. The normalized spacial score (nSPS) is 17.3. The molecular formula is C15H17BrN2O2. The first kappa shape index (κ1) is 13.6. The van der Waals surface area contributed by atoms with Gasteiger partial charge in [0.25, 0.3) is 0 Å². The van der Waals surface area contributed by atoms with E-state index in [-0.39, 0.29) is 6.10 Å². The molecule has 1 N–H and O–H groups in total. The standard InChI is InChI=1S/C15H17BrN2O2/c1-9-15(16)13(18(2)17-9)8-20-11-4-5-12-10(7-11)3-6-14(12)19/h4-5,7,14,19H,3,6,8H2,1-2H3/t14-/m1/s1. The number of aliphatic hydroxyl groups is 1. The minimum atomic E-state index is -0.312. The third kappa shape index (κ3) is 2.36. The average molecular weight is 337 g/mol. The molecule has 0 saturated heterocycles. The summed E-state index contributed by atoms with van der Waals surface area (Å²) in [6, 6.07) is 5.92. The molecule has 1 aliphatic rings. The highest BCUT2D eigenvalue weighted by molar-refractivity contribution is 9.10. The lowest BCUT2D eigenvalue weighted by atomic mass is 10.1. The molecule has 0 fully saturated rings. The summed E-state index contributed by atoms with van der Waals surface area (Å²) in [6.07, 6.45) is 1.42. The number of rotatable bonds is 3. The highest BCUT2D eigenvalue weighted by Gasteiger charge is 2.20. The fourth-order valence-corrected chi connectivity index (χ4v) is 3.10. The van der Waals surface area contributed by atoms with E-state index in [1.165, 1.54) is 5.56 Å². The van der Waals surface area contributed by atoms with E-state index in [0.717, 1.165) is 40.0 Å². The molecule has 2 aromatic rings. The molecule has 0 spiro atoms.